The summed E-state index contributed by atoms with van der Waals surface area (Å²) in [4.78, 5) is 19.0. The van der Waals surface area contributed by atoms with Gasteiger partial charge in [-0.05, 0) is 59.0 Å². The molecule has 1 aliphatic heterocycles. The van der Waals surface area contributed by atoms with E-state index in [1.165, 1.54) is 0 Å². The molecule has 1 atom stereocenters. The molecule has 0 spiro atoms. The Kier molecular flexibility index (Phi) is 8.38. The molecule has 1 unspecified atom stereocenters. The van der Waals surface area contributed by atoms with Gasteiger partial charge in [-0.3, -0.25) is 9.69 Å². The highest BCUT2D eigenvalue weighted by Gasteiger charge is 2.28. The van der Waals surface area contributed by atoms with Crippen molar-refractivity contribution in [3.05, 3.63) is 17.3 Å². The summed E-state index contributed by atoms with van der Waals surface area (Å²) in [5, 5.41) is 3.04. The quantitative estimate of drug-likeness (QED) is 0.768. The van der Waals surface area contributed by atoms with Crippen molar-refractivity contribution >= 4 is 18.3 Å². The molecule has 1 saturated heterocycles. The molecule has 1 aliphatic rings. The number of rotatable bonds is 7. The SMILES string of the molecule is CCCC(C)(N)C(=O)NCC1CCN(Cc2nc(C)c(C)o2)CC1.Cl. The summed E-state index contributed by atoms with van der Waals surface area (Å²) in [6.45, 7) is 11.3. The molecular weight excluding hydrogens is 340 g/mol. The molecule has 1 aromatic rings. The Bertz CT molecular complexity index is 532. The largest absolute Gasteiger partial charge is 0.444 e. The maximum atomic E-state index is 12.2. The van der Waals surface area contributed by atoms with Gasteiger partial charge in [0.15, 0.2) is 0 Å². The molecule has 0 aliphatic carbocycles. The van der Waals surface area contributed by atoms with Gasteiger partial charge >= 0.3 is 0 Å². The molecule has 144 valence electrons. The van der Waals surface area contributed by atoms with Crippen LogP contribution in [0.4, 0.5) is 0 Å². The molecular formula is C18H33ClN4O2. The van der Waals surface area contributed by atoms with Crippen LogP contribution in [0, 0.1) is 19.8 Å². The number of carbonyl (C=O) groups is 1. The van der Waals surface area contributed by atoms with Gasteiger partial charge < -0.3 is 15.5 Å². The maximum Gasteiger partial charge on any atom is 0.239 e. The van der Waals surface area contributed by atoms with E-state index in [1.807, 2.05) is 27.7 Å². The molecule has 25 heavy (non-hydrogen) atoms. The summed E-state index contributed by atoms with van der Waals surface area (Å²) in [7, 11) is 0. The Morgan fingerprint density at radius 2 is 2.04 bits per heavy atom. The lowest BCUT2D eigenvalue weighted by Crippen LogP contribution is -2.52. The second-order valence-electron chi connectivity index (χ2n) is 7.35. The normalized spacial score (nSPS) is 18.4. The number of nitrogens with one attached hydrogen (secondary N) is 1. The van der Waals surface area contributed by atoms with Crippen LogP contribution >= 0.6 is 12.4 Å². The molecule has 1 aromatic heterocycles. The van der Waals surface area contributed by atoms with E-state index in [-0.39, 0.29) is 18.3 Å². The van der Waals surface area contributed by atoms with Crippen LogP contribution in [0.1, 0.15) is 56.9 Å². The lowest BCUT2D eigenvalue weighted by Gasteiger charge is -2.32. The van der Waals surface area contributed by atoms with E-state index < -0.39 is 5.54 Å². The zero-order valence-electron chi connectivity index (χ0n) is 15.9. The van der Waals surface area contributed by atoms with Crippen LogP contribution in [0.3, 0.4) is 0 Å². The molecule has 0 saturated carbocycles. The third-order valence-electron chi connectivity index (χ3n) is 4.98. The average molecular weight is 373 g/mol. The van der Waals surface area contributed by atoms with Gasteiger partial charge in [-0.25, -0.2) is 4.98 Å². The summed E-state index contributed by atoms with van der Waals surface area (Å²) in [6, 6.07) is 0. The summed E-state index contributed by atoms with van der Waals surface area (Å²) in [6.07, 6.45) is 3.78. The summed E-state index contributed by atoms with van der Waals surface area (Å²) < 4.78 is 5.66. The molecule has 1 amide bonds. The number of nitrogens with zero attached hydrogens (tertiary/aromatic N) is 2. The minimum atomic E-state index is -0.754. The highest BCUT2D eigenvalue weighted by Crippen LogP contribution is 2.19. The first-order valence-electron chi connectivity index (χ1n) is 9.04. The fraction of sp³-hybridized carbons (Fsp3) is 0.778. The standard InChI is InChI=1S/C18H32N4O2.ClH/c1-5-8-18(4,19)17(23)20-11-15-6-9-22(10-7-15)12-16-21-13(2)14(3)24-16;/h15H,5-12,19H2,1-4H3,(H,20,23);1H. The van der Waals surface area contributed by atoms with Crippen molar-refractivity contribution < 1.29 is 9.21 Å². The summed E-state index contributed by atoms with van der Waals surface area (Å²) >= 11 is 0. The maximum absolute atomic E-state index is 12.2. The molecule has 2 heterocycles. The summed E-state index contributed by atoms with van der Waals surface area (Å²) in [5.74, 6) is 2.20. The average Bonchev–Trinajstić information content (AvgIpc) is 2.84. The van der Waals surface area contributed by atoms with Crippen molar-refractivity contribution in [3.63, 3.8) is 0 Å². The Balaban J connectivity index is 0.00000312. The van der Waals surface area contributed by atoms with Crippen molar-refractivity contribution in [2.24, 2.45) is 11.7 Å². The molecule has 3 N–H and O–H groups in total. The van der Waals surface area contributed by atoms with Crippen LogP contribution < -0.4 is 11.1 Å². The first kappa shape index (κ1) is 21.9. The van der Waals surface area contributed by atoms with Crippen molar-refractivity contribution in [1.82, 2.24) is 15.2 Å². The fourth-order valence-corrected chi connectivity index (χ4v) is 3.22. The van der Waals surface area contributed by atoms with Crippen molar-refractivity contribution in [2.75, 3.05) is 19.6 Å². The van der Waals surface area contributed by atoms with Gasteiger partial charge in [0.05, 0.1) is 17.8 Å². The molecule has 0 radical (unpaired) electrons. The molecule has 2 rings (SSSR count). The highest BCUT2D eigenvalue weighted by molar-refractivity contribution is 5.85. The van der Waals surface area contributed by atoms with Gasteiger partial charge in [-0.15, -0.1) is 12.4 Å². The number of nitrogens with two attached hydrogens (primary N) is 1. The molecule has 0 bridgehead atoms. The number of aromatic nitrogens is 1. The lowest BCUT2D eigenvalue weighted by atomic mass is 9.94. The number of aryl methyl sites for hydroxylation is 2. The third-order valence-corrected chi connectivity index (χ3v) is 4.98. The van der Waals surface area contributed by atoms with Crippen molar-refractivity contribution in [3.8, 4) is 0 Å². The van der Waals surface area contributed by atoms with Gasteiger partial charge in [0, 0.05) is 6.54 Å². The van der Waals surface area contributed by atoms with E-state index in [0.717, 1.165) is 62.8 Å². The van der Waals surface area contributed by atoms with Gasteiger partial charge in [0.2, 0.25) is 11.8 Å². The number of carbonyl (C=O) groups excluding carboxylic acids is 1. The third kappa shape index (κ3) is 6.28. The van der Waals surface area contributed by atoms with E-state index >= 15 is 0 Å². The van der Waals surface area contributed by atoms with Crippen LogP contribution in [0.25, 0.3) is 0 Å². The summed E-state index contributed by atoms with van der Waals surface area (Å²) in [5.41, 5.74) is 6.29. The van der Waals surface area contributed by atoms with Crippen LogP contribution in [-0.4, -0.2) is 41.0 Å². The Morgan fingerprint density at radius 3 is 2.56 bits per heavy atom. The van der Waals surface area contributed by atoms with Crippen LogP contribution in [0.15, 0.2) is 4.42 Å². The minimum Gasteiger partial charge on any atom is -0.444 e. The zero-order chi connectivity index (χ0) is 17.7. The lowest BCUT2D eigenvalue weighted by molar-refractivity contribution is -0.126. The van der Waals surface area contributed by atoms with E-state index in [9.17, 15) is 4.79 Å². The van der Waals surface area contributed by atoms with Gasteiger partial charge in [0.1, 0.15) is 5.76 Å². The van der Waals surface area contributed by atoms with Crippen molar-refractivity contribution in [1.29, 1.82) is 0 Å². The number of halogens is 1. The Morgan fingerprint density at radius 1 is 1.40 bits per heavy atom. The minimum absolute atomic E-state index is 0. The predicted octanol–water partition coefficient (Wildman–Crippen LogP) is 2.56. The van der Waals surface area contributed by atoms with Crippen LogP contribution in [0.5, 0.6) is 0 Å². The van der Waals surface area contributed by atoms with Gasteiger partial charge in [-0.1, -0.05) is 13.3 Å². The number of piperidine rings is 1. The number of hydrogen-bond acceptors (Lipinski definition) is 5. The van der Waals surface area contributed by atoms with E-state index in [0.29, 0.717) is 12.3 Å². The topological polar surface area (TPSA) is 84.4 Å². The van der Waals surface area contributed by atoms with Gasteiger partial charge in [-0.2, -0.15) is 0 Å². The molecule has 7 heteroatoms. The van der Waals surface area contributed by atoms with E-state index in [4.69, 9.17) is 10.2 Å². The number of likely N-dealkylation sites (tertiary alicyclic amines) is 1. The van der Waals surface area contributed by atoms with E-state index in [1.54, 1.807) is 0 Å². The number of hydrogen-bond donors (Lipinski definition) is 2. The monoisotopic (exact) mass is 372 g/mol. The van der Waals surface area contributed by atoms with Crippen molar-refractivity contribution in [2.45, 2.75) is 65.5 Å². The van der Waals surface area contributed by atoms with Crippen LogP contribution in [-0.2, 0) is 11.3 Å². The Hall–Kier alpha value is -1.11. The molecule has 6 nitrogen and oxygen atoms in total. The number of oxazole rings is 1. The first-order valence-corrected chi connectivity index (χ1v) is 9.04. The molecule has 0 aromatic carbocycles. The number of amides is 1. The molecule has 1 fully saturated rings. The zero-order valence-corrected chi connectivity index (χ0v) is 16.7. The van der Waals surface area contributed by atoms with Crippen LogP contribution in [0.2, 0.25) is 0 Å². The smallest absolute Gasteiger partial charge is 0.239 e. The van der Waals surface area contributed by atoms with Gasteiger partial charge in [0.25, 0.3) is 0 Å². The second-order valence-corrected chi connectivity index (χ2v) is 7.35. The predicted molar refractivity (Wildman–Crippen MR) is 102 cm³/mol. The second kappa shape index (κ2) is 9.55. The Labute approximate surface area is 157 Å². The fourth-order valence-electron chi connectivity index (χ4n) is 3.22. The highest BCUT2D eigenvalue weighted by atomic mass is 35.5. The van der Waals surface area contributed by atoms with E-state index in [2.05, 4.69) is 15.2 Å². The first-order chi connectivity index (χ1) is 11.3.